The lowest BCUT2D eigenvalue weighted by molar-refractivity contribution is -0.144. The van der Waals surface area contributed by atoms with E-state index >= 15 is 0 Å². The molecule has 0 bridgehead atoms. The SMILES string of the molecule is Cc1cncc(C(=O)NC(C)(C(=O)O)c2ccccc2)c1. The van der Waals surface area contributed by atoms with E-state index in [-0.39, 0.29) is 0 Å². The van der Waals surface area contributed by atoms with Gasteiger partial charge < -0.3 is 10.4 Å². The van der Waals surface area contributed by atoms with Crippen LogP contribution in [0.5, 0.6) is 0 Å². The van der Waals surface area contributed by atoms with Gasteiger partial charge in [0.25, 0.3) is 5.91 Å². The molecule has 5 nitrogen and oxygen atoms in total. The highest BCUT2D eigenvalue weighted by Gasteiger charge is 2.37. The number of nitrogens with one attached hydrogen (secondary N) is 1. The van der Waals surface area contributed by atoms with Crippen molar-refractivity contribution in [3.8, 4) is 0 Å². The smallest absolute Gasteiger partial charge is 0.333 e. The molecule has 0 saturated carbocycles. The molecule has 2 N–H and O–H groups in total. The van der Waals surface area contributed by atoms with Gasteiger partial charge in [-0.3, -0.25) is 9.78 Å². The van der Waals surface area contributed by atoms with Crippen molar-refractivity contribution in [1.82, 2.24) is 10.3 Å². The molecular weight excluding hydrogens is 268 g/mol. The average Bonchev–Trinajstić information content (AvgIpc) is 2.47. The van der Waals surface area contributed by atoms with Crippen LogP contribution in [-0.4, -0.2) is 22.0 Å². The monoisotopic (exact) mass is 284 g/mol. The summed E-state index contributed by atoms with van der Waals surface area (Å²) in [5, 5.41) is 12.1. The molecule has 0 aliphatic carbocycles. The van der Waals surface area contributed by atoms with E-state index in [1.165, 1.54) is 13.1 Å². The molecule has 5 heteroatoms. The molecule has 0 saturated heterocycles. The van der Waals surface area contributed by atoms with Gasteiger partial charge in [0.1, 0.15) is 0 Å². The number of hydrogen-bond acceptors (Lipinski definition) is 3. The summed E-state index contributed by atoms with van der Waals surface area (Å²) in [7, 11) is 0. The second-order valence-electron chi connectivity index (χ2n) is 5.00. The van der Waals surface area contributed by atoms with Crippen LogP contribution in [0.15, 0.2) is 48.8 Å². The van der Waals surface area contributed by atoms with Crippen molar-refractivity contribution in [2.24, 2.45) is 0 Å². The van der Waals surface area contributed by atoms with Crippen molar-refractivity contribution < 1.29 is 14.7 Å². The summed E-state index contributed by atoms with van der Waals surface area (Å²) in [5.41, 5.74) is 0.173. The van der Waals surface area contributed by atoms with Crippen LogP contribution in [0.1, 0.15) is 28.4 Å². The minimum atomic E-state index is -1.50. The fraction of sp³-hybridized carbons (Fsp3) is 0.188. The van der Waals surface area contributed by atoms with E-state index in [2.05, 4.69) is 10.3 Å². The summed E-state index contributed by atoms with van der Waals surface area (Å²) in [5.74, 6) is -1.59. The molecule has 1 atom stereocenters. The number of carbonyl (C=O) groups excluding carboxylic acids is 1. The van der Waals surface area contributed by atoms with Crippen LogP contribution in [0.4, 0.5) is 0 Å². The second-order valence-corrected chi connectivity index (χ2v) is 5.00. The van der Waals surface area contributed by atoms with Gasteiger partial charge in [0, 0.05) is 12.4 Å². The van der Waals surface area contributed by atoms with Gasteiger partial charge in [-0.25, -0.2) is 4.79 Å². The highest BCUT2D eigenvalue weighted by molar-refractivity contribution is 5.98. The molecule has 0 fully saturated rings. The van der Waals surface area contributed by atoms with Crippen LogP contribution in [0, 0.1) is 6.92 Å². The number of pyridine rings is 1. The fourth-order valence-corrected chi connectivity index (χ4v) is 2.00. The molecular formula is C16H16N2O3. The van der Waals surface area contributed by atoms with Gasteiger partial charge in [0.05, 0.1) is 5.56 Å². The van der Waals surface area contributed by atoms with Gasteiger partial charge in [-0.1, -0.05) is 30.3 Å². The molecule has 1 aromatic carbocycles. The molecule has 0 aliphatic rings. The summed E-state index contributed by atoms with van der Waals surface area (Å²) in [6.07, 6.45) is 3.04. The highest BCUT2D eigenvalue weighted by atomic mass is 16.4. The normalized spacial score (nSPS) is 13.2. The van der Waals surface area contributed by atoms with Crippen LogP contribution >= 0.6 is 0 Å². The number of hydrogen-bond donors (Lipinski definition) is 2. The Morgan fingerprint density at radius 2 is 1.86 bits per heavy atom. The Morgan fingerprint density at radius 1 is 1.19 bits per heavy atom. The largest absolute Gasteiger partial charge is 0.479 e. The van der Waals surface area contributed by atoms with Crippen molar-refractivity contribution in [3.05, 3.63) is 65.5 Å². The Balaban J connectivity index is 2.33. The molecule has 2 rings (SSSR count). The van der Waals surface area contributed by atoms with E-state index in [0.29, 0.717) is 11.1 Å². The topological polar surface area (TPSA) is 79.3 Å². The number of aliphatic carboxylic acids is 1. The van der Waals surface area contributed by atoms with Gasteiger partial charge in [0.2, 0.25) is 0 Å². The van der Waals surface area contributed by atoms with E-state index in [1.54, 1.807) is 42.6 Å². The maximum absolute atomic E-state index is 12.3. The fourth-order valence-electron chi connectivity index (χ4n) is 2.00. The predicted octanol–water partition coefficient (Wildman–Crippen LogP) is 2.12. The number of nitrogens with zero attached hydrogens (tertiary/aromatic N) is 1. The summed E-state index contributed by atoms with van der Waals surface area (Å²) < 4.78 is 0. The number of carboxylic acid groups (broad SMARTS) is 1. The van der Waals surface area contributed by atoms with Crippen molar-refractivity contribution in [3.63, 3.8) is 0 Å². The number of rotatable bonds is 4. The number of carbonyl (C=O) groups is 2. The number of aryl methyl sites for hydroxylation is 1. The van der Waals surface area contributed by atoms with Gasteiger partial charge in [-0.15, -0.1) is 0 Å². The molecule has 0 radical (unpaired) electrons. The Labute approximate surface area is 122 Å². The average molecular weight is 284 g/mol. The number of benzene rings is 1. The molecule has 1 aromatic heterocycles. The first-order valence-corrected chi connectivity index (χ1v) is 6.46. The van der Waals surface area contributed by atoms with Crippen molar-refractivity contribution >= 4 is 11.9 Å². The van der Waals surface area contributed by atoms with E-state index in [4.69, 9.17) is 0 Å². The zero-order valence-electron chi connectivity index (χ0n) is 11.8. The second kappa shape index (κ2) is 5.75. The maximum atomic E-state index is 12.3. The van der Waals surface area contributed by atoms with Crippen LogP contribution in [-0.2, 0) is 10.3 Å². The van der Waals surface area contributed by atoms with Gasteiger partial charge in [-0.05, 0) is 31.0 Å². The number of amides is 1. The Bertz CT molecular complexity index is 670. The maximum Gasteiger partial charge on any atom is 0.333 e. The lowest BCUT2D eigenvalue weighted by Gasteiger charge is -2.26. The lowest BCUT2D eigenvalue weighted by Crippen LogP contribution is -2.49. The van der Waals surface area contributed by atoms with Gasteiger partial charge in [-0.2, -0.15) is 0 Å². The highest BCUT2D eigenvalue weighted by Crippen LogP contribution is 2.21. The van der Waals surface area contributed by atoms with Crippen LogP contribution in [0.3, 0.4) is 0 Å². The third-order valence-corrected chi connectivity index (χ3v) is 3.28. The first kappa shape index (κ1) is 14.7. The first-order chi connectivity index (χ1) is 9.93. The molecule has 0 spiro atoms. The van der Waals surface area contributed by atoms with Crippen LogP contribution < -0.4 is 5.32 Å². The summed E-state index contributed by atoms with van der Waals surface area (Å²) in [6, 6.07) is 10.3. The van der Waals surface area contributed by atoms with E-state index < -0.39 is 17.4 Å². The molecule has 2 aromatic rings. The third kappa shape index (κ3) is 3.08. The lowest BCUT2D eigenvalue weighted by atomic mass is 9.91. The quantitative estimate of drug-likeness (QED) is 0.901. The number of carboxylic acids is 1. The summed E-state index contributed by atoms with van der Waals surface area (Å²) in [6.45, 7) is 3.28. The summed E-state index contributed by atoms with van der Waals surface area (Å²) >= 11 is 0. The zero-order valence-corrected chi connectivity index (χ0v) is 11.8. The Hall–Kier alpha value is -2.69. The molecule has 0 aliphatic heterocycles. The van der Waals surface area contributed by atoms with E-state index in [9.17, 15) is 14.7 Å². The minimum Gasteiger partial charge on any atom is -0.479 e. The van der Waals surface area contributed by atoms with E-state index in [1.807, 2.05) is 6.92 Å². The third-order valence-electron chi connectivity index (χ3n) is 3.28. The van der Waals surface area contributed by atoms with E-state index in [0.717, 1.165) is 5.56 Å². The summed E-state index contributed by atoms with van der Waals surface area (Å²) in [4.78, 5) is 27.8. The first-order valence-electron chi connectivity index (χ1n) is 6.46. The molecule has 1 amide bonds. The van der Waals surface area contributed by atoms with Crippen molar-refractivity contribution in [1.29, 1.82) is 0 Å². The van der Waals surface area contributed by atoms with Gasteiger partial charge in [0.15, 0.2) is 5.54 Å². The van der Waals surface area contributed by atoms with Crippen LogP contribution in [0.25, 0.3) is 0 Å². The molecule has 108 valence electrons. The minimum absolute atomic E-state index is 0.332. The molecule has 21 heavy (non-hydrogen) atoms. The Kier molecular flexibility index (Phi) is 4.03. The molecule has 1 heterocycles. The predicted molar refractivity (Wildman–Crippen MR) is 77.9 cm³/mol. The zero-order chi connectivity index (χ0) is 15.5. The number of aromatic nitrogens is 1. The van der Waals surface area contributed by atoms with Crippen molar-refractivity contribution in [2.75, 3.05) is 0 Å². The molecule has 1 unspecified atom stereocenters. The Morgan fingerprint density at radius 3 is 2.43 bits per heavy atom. The van der Waals surface area contributed by atoms with Crippen molar-refractivity contribution in [2.45, 2.75) is 19.4 Å². The van der Waals surface area contributed by atoms with Gasteiger partial charge >= 0.3 is 5.97 Å². The standard InChI is InChI=1S/C16H16N2O3/c1-11-8-12(10-17-9-11)14(19)18-16(2,15(20)21)13-6-4-3-5-7-13/h3-10H,1-2H3,(H,18,19)(H,20,21). The van der Waals surface area contributed by atoms with Crippen LogP contribution in [0.2, 0.25) is 0 Å².